The number of halogens is 1. The maximum absolute atomic E-state index is 13.3. The van der Waals surface area contributed by atoms with Crippen LogP contribution in [0, 0.1) is 5.92 Å². The molecule has 0 bridgehead atoms. The monoisotopic (exact) mass is 345 g/mol. The van der Waals surface area contributed by atoms with Crippen LogP contribution in [0.1, 0.15) is 44.9 Å². The Hall–Kier alpha value is -2.20. The zero-order valence-corrected chi connectivity index (χ0v) is 15.4. The first-order chi connectivity index (χ1) is 11.8. The molecule has 0 aromatic heterocycles. The lowest BCUT2D eigenvalue weighted by molar-refractivity contribution is -0.125. The number of carbonyl (C=O) groups is 1. The van der Waals surface area contributed by atoms with Crippen molar-refractivity contribution < 1.29 is 14.3 Å². The van der Waals surface area contributed by atoms with Crippen molar-refractivity contribution in [1.29, 1.82) is 0 Å². The number of aliphatic hydroxyl groups excluding tert-OH is 1. The lowest BCUT2D eigenvalue weighted by atomic mass is 9.98. The molecule has 0 saturated carbocycles. The van der Waals surface area contributed by atoms with Crippen molar-refractivity contribution in [3.05, 3.63) is 65.8 Å². The highest BCUT2D eigenvalue weighted by Gasteiger charge is 2.23. The fraction of sp³-hybridized carbons (Fsp3) is 0.381. The summed E-state index contributed by atoms with van der Waals surface area (Å²) in [7, 11) is 0. The molecule has 25 heavy (non-hydrogen) atoms. The Morgan fingerprint density at radius 1 is 1.24 bits per heavy atom. The molecule has 0 aliphatic heterocycles. The minimum Gasteiger partial charge on any atom is -0.386 e. The van der Waals surface area contributed by atoms with Crippen LogP contribution >= 0.6 is 0 Å². The third kappa shape index (κ3) is 6.31. The number of benzene rings is 1. The molecule has 1 aromatic rings. The van der Waals surface area contributed by atoms with Crippen molar-refractivity contribution in [1.82, 2.24) is 5.32 Å². The topological polar surface area (TPSA) is 49.3 Å². The van der Waals surface area contributed by atoms with Gasteiger partial charge in [-0.3, -0.25) is 4.79 Å². The number of aliphatic hydroxyl groups is 1. The van der Waals surface area contributed by atoms with E-state index in [2.05, 4.69) is 11.9 Å². The lowest BCUT2D eigenvalue weighted by Gasteiger charge is -2.23. The van der Waals surface area contributed by atoms with Crippen molar-refractivity contribution in [3.63, 3.8) is 0 Å². The van der Waals surface area contributed by atoms with E-state index in [-0.39, 0.29) is 11.8 Å². The summed E-state index contributed by atoms with van der Waals surface area (Å²) < 4.78 is 13.3. The van der Waals surface area contributed by atoms with E-state index in [0.29, 0.717) is 5.56 Å². The highest BCUT2D eigenvalue weighted by Crippen LogP contribution is 2.22. The first-order valence-corrected chi connectivity index (χ1v) is 8.42. The number of nitrogens with one attached hydrogen (secondary N) is 1. The first kappa shape index (κ1) is 20.8. The number of rotatable bonds is 8. The van der Waals surface area contributed by atoms with Crippen molar-refractivity contribution in [2.24, 2.45) is 5.92 Å². The molecule has 1 rings (SSSR count). The molecule has 1 amide bonds. The van der Waals surface area contributed by atoms with Crippen LogP contribution in [0.2, 0.25) is 0 Å². The highest BCUT2D eigenvalue weighted by molar-refractivity contribution is 5.78. The van der Waals surface area contributed by atoms with E-state index in [9.17, 15) is 14.3 Å². The van der Waals surface area contributed by atoms with E-state index in [1.807, 2.05) is 38.1 Å². The van der Waals surface area contributed by atoms with E-state index in [1.54, 1.807) is 32.1 Å². The van der Waals surface area contributed by atoms with Crippen molar-refractivity contribution in [2.75, 3.05) is 6.67 Å². The molecule has 0 radical (unpaired) electrons. The predicted molar refractivity (Wildman–Crippen MR) is 102 cm³/mol. The largest absolute Gasteiger partial charge is 0.386 e. The number of carbonyl (C=O) groups excluding carboxylic acids is 1. The van der Waals surface area contributed by atoms with Crippen molar-refractivity contribution in [2.45, 2.75) is 39.8 Å². The molecular formula is C21H28FNO2. The molecule has 0 spiro atoms. The average Bonchev–Trinajstić information content (AvgIpc) is 2.59. The van der Waals surface area contributed by atoms with Crippen molar-refractivity contribution >= 4 is 11.5 Å². The van der Waals surface area contributed by atoms with Gasteiger partial charge in [-0.15, -0.1) is 0 Å². The number of amides is 1. The van der Waals surface area contributed by atoms with Crippen LogP contribution in [0.3, 0.4) is 0 Å². The van der Waals surface area contributed by atoms with Crippen LogP contribution in [0.25, 0.3) is 5.57 Å². The van der Waals surface area contributed by atoms with Crippen LogP contribution in [-0.4, -0.2) is 23.7 Å². The molecule has 0 fully saturated rings. The van der Waals surface area contributed by atoms with Gasteiger partial charge in [-0.1, -0.05) is 68.5 Å². The normalized spacial score (nSPS) is 14.0. The summed E-state index contributed by atoms with van der Waals surface area (Å²) in [6.45, 7) is 10.5. The quantitative estimate of drug-likeness (QED) is 0.688. The SMILES string of the molecule is C=C/C(=C\C=C(C)C)c1ccc(C(O)C(CF)NC(=O)C(C)C)cc1. The van der Waals surface area contributed by atoms with E-state index in [1.165, 1.54) is 5.57 Å². The number of alkyl halides is 1. The van der Waals surface area contributed by atoms with Gasteiger partial charge in [0.2, 0.25) is 5.91 Å². The molecular weight excluding hydrogens is 317 g/mol. The van der Waals surface area contributed by atoms with Crippen LogP contribution in [0.4, 0.5) is 4.39 Å². The summed E-state index contributed by atoms with van der Waals surface area (Å²) in [6.07, 6.45) is 4.63. The van der Waals surface area contributed by atoms with Gasteiger partial charge in [-0.05, 0) is 30.5 Å². The number of hydrogen-bond acceptors (Lipinski definition) is 2. The molecule has 0 aliphatic carbocycles. The van der Waals surface area contributed by atoms with Gasteiger partial charge in [0.1, 0.15) is 12.8 Å². The Bertz CT molecular complexity index is 640. The summed E-state index contributed by atoms with van der Waals surface area (Å²) in [5.74, 6) is -0.545. The number of hydrogen-bond donors (Lipinski definition) is 2. The Labute approximate surface area is 150 Å². The van der Waals surface area contributed by atoms with Crippen molar-refractivity contribution in [3.8, 4) is 0 Å². The zero-order valence-electron chi connectivity index (χ0n) is 15.4. The van der Waals surface area contributed by atoms with Crippen LogP contribution in [-0.2, 0) is 4.79 Å². The van der Waals surface area contributed by atoms with Gasteiger partial charge in [0.25, 0.3) is 0 Å². The Morgan fingerprint density at radius 2 is 1.84 bits per heavy atom. The molecule has 2 N–H and O–H groups in total. The standard InChI is InChI=1S/C21H28FNO2/c1-6-16(8-7-14(2)3)17-9-11-18(12-10-17)20(24)19(13-22)23-21(25)15(4)5/h6-12,15,19-20,24H,1,13H2,2-5H3,(H,23,25)/b16-8+. The summed E-state index contributed by atoms with van der Waals surface area (Å²) in [5, 5.41) is 12.9. The first-order valence-electron chi connectivity index (χ1n) is 8.42. The molecule has 4 heteroatoms. The predicted octanol–water partition coefficient (Wildman–Crippen LogP) is 4.37. The lowest BCUT2D eigenvalue weighted by Crippen LogP contribution is -2.42. The minimum atomic E-state index is -1.10. The van der Waals surface area contributed by atoms with Gasteiger partial charge in [0.15, 0.2) is 0 Å². The van der Waals surface area contributed by atoms with Gasteiger partial charge in [0.05, 0.1) is 6.04 Å². The summed E-state index contributed by atoms with van der Waals surface area (Å²) >= 11 is 0. The molecule has 0 saturated heterocycles. The molecule has 2 unspecified atom stereocenters. The van der Waals surface area contributed by atoms with Crippen LogP contribution < -0.4 is 5.32 Å². The van der Waals surface area contributed by atoms with E-state index >= 15 is 0 Å². The van der Waals surface area contributed by atoms with Gasteiger partial charge < -0.3 is 10.4 Å². The van der Waals surface area contributed by atoms with Gasteiger partial charge in [-0.2, -0.15) is 0 Å². The molecule has 3 nitrogen and oxygen atoms in total. The zero-order chi connectivity index (χ0) is 19.0. The number of allylic oxidation sites excluding steroid dienone is 5. The van der Waals surface area contributed by atoms with Gasteiger partial charge >= 0.3 is 0 Å². The molecule has 2 atom stereocenters. The fourth-order valence-corrected chi connectivity index (χ4v) is 2.19. The summed E-state index contributed by atoms with van der Waals surface area (Å²) in [6, 6.07) is 6.23. The maximum atomic E-state index is 13.3. The van der Waals surface area contributed by atoms with Gasteiger partial charge in [0, 0.05) is 5.92 Å². The molecule has 0 aliphatic rings. The van der Waals surface area contributed by atoms with Crippen LogP contribution in [0.15, 0.2) is 54.6 Å². The summed E-state index contributed by atoms with van der Waals surface area (Å²) in [4.78, 5) is 11.7. The molecule has 0 heterocycles. The fourth-order valence-electron chi connectivity index (χ4n) is 2.19. The maximum Gasteiger partial charge on any atom is 0.222 e. The van der Waals surface area contributed by atoms with Gasteiger partial charge in [-0.25, -0.2) is 4.39 Å². The Kier molecular flexibility index (Phi) is 8.29. The van der Waals surface area contributed by atoms with E-state index < -0.39 is 18.8 Å². The Morgan fingerprint density at radius 3 is 2.28 bits per heavy atom. The highest BCUT2D eigenvalue weighted by atomic mass is 19.1. The second kappa shape index (κ2) is 9.94. The minimum absolute atomic E-state index is 0.265. The van der Waals surface area contributed by atoms with E-state index in [0.717, 1.165) is 11.1 Å². The second-order valence-electron chi connectivity index (χ2n) is 6.56. The summed E-state index contributed by atoms with van der Waals surface area (Å²) in [5.41, 5.74) is 3.64. The smallest absolute Gasteiger partial charge is 0.222 e. The third-order valence-corrected chi connectivity index (χ3v) is 3.80. The molecule has 1 aromatic carbocycles. The molecule has 136 valence electrons. The average molecular weight is 345 g/mol. The third-order valence-electron chi connectivity index (χ3n) is 3.80. The van der Waals surface area contributed by atoms with E-state index in [4.69, 9.17) is 0 Å². The van der Waals surface area contributed by atoms with Crippen LogP contribution in [0.5, 0.6) is 0 Å². The second-order valence-corrected chi connectivity index (χ2v) is 6.56. The Balaban J connectivity index is 2.96.